The third-order valence-electron chi connectivity index (χ3n) is 5.61. The molecule has 3 heterocycles. The molecule has 0 saturated heterocycles. The molecule has 0 N–H and O–H groups in total. The number of benzene rings is 2. The molecule has 1 aliphatic rings. The zero-order valence-corrected chi connectivity index (χ0v) is 26.1. The molecule has 0 fully saturated rings. The summed E-state index contributed by atoms with van der Waals surface area (Å²) in [6.45, 7) is 10.4. The van der Waals surface area contributed by atoms with Crippen LogP contribution in [0.1, 0.15) is 53.6 Å². The van der Waals surface area contributed by atoms with Crippen molar-refractivity contribution >= 4 is 37.2 Å². The van der Waals surface area contributed by atoms with E-state index >= 15 is 0 Å². The first kappa shape index (κ1) is 30.0. The van der Waals surface area contributed by atoms with Gasteiger partial charge in [0, 0.05) is 75.2 Å². The number of fused-ring (bicyclic) bond motifs is 1. The number of rotatable bonds is 4. The Labute approximate surface area is 238 Å². The first-order chi connectivity index (χ1) is 17.5. The minimum Gasteiger partial charge on any atom is -0.454 e. The lowest BCUT2D eigenvalue weighted by molar-refractivity contribution is 0.174. The number of aromatic nitrogens is 4. The van der Waals surface area contributed by atoms with Crippen LogP contribution in [0.3, 0.4) is 0 Å². The van der Waals surface area contributed by atoms with Crippen LogP contribution in [-0.2, 0) is 19.9 Å². The third-order valence-corrected chi connectivity index (χ3v) is 5.61. The smallest absolute Gasteiger partial charge is 0.231 e. The molecule has 0 saturated carbocycles. The van der Waals surface area contributed by atoms with Gasteiger partial charge in [0.05, 0.1) is 5.69 Å². The fourth-order valence-corrected chi connectivity index (χ4v) is 3.46. The highest BCUT2D eigenvalue weighted by molar-refractivity contribution is 15.0. The first-order valence-corrected chi connectivity index (χ1v) is 18.1. The van der Waals surface area contributed by atoms with Gasteiger partial charge in [-0.3, -0.25) is 0 Å². The van der Waals surface area contributed by atoms with Crippen molar-refractivity contribution in [1.82, 2.24) is 19.5 Å². The SMILES string of the molecule is CC.Cc1nc(Cc2ccccc2)nc(Cc2ccc3c(c2)OCO3)c1C.Cc1nccn1C.II. The Hall–Kier alpha value is -2.21. The van der Waals surface area contributed by atoms with Crippen LogP contribution in [0.5, 0.6) is 11.5 Å². The van der Waals surface area contributed by atoms with Gasteiger partial charge in [0.2, 0.25) is 6.79 Å². The Balaban J connectivity index is 0.000000351. The molecule has 0 bridgehead atoms. The van der Waals surface area contributed by atoms with Gasteiger partial charge >= 0.3 is 0 Å². The maximum absolute atomic E-state index is 5.48. The zero-order valence-electron chi connectivity index (χ0n) is 21.8. The lowest BCUT2D eigenvalue weighted by Crippen LogP contribution is -2.07. The lowest BCUT2D eigenvalue weighted by atomic mass is 10.0. The average molecular weight is 712 g/mol. The van der Waals surface area contributed by atoms with Crippen LogP contribution in [0.15, 0.2) is 60.9 Å². The fraction of sp³-hybridized carbons (Fsp3) is 0.321. The van der Waals surface area contributed by atoms with E-state index in [9.17, 15) is 0 Å². The quantitative estimate of drug-likeness (QED) is 0.205. The van der Waals surface area contributed by atoms with E-state index in [4.69, 9.17) is 14.5 Å². The van der Waals surface area contributed by atoms with Crippen LogP contribution in [-0.4, -0.2) is 26.3 Å². The summed E-state index contributed by atoms with van der Waals surface area (Å²) in [5.41, 5.74) is 5.64. The molecule has 6 nitrogen and oxygen atoms in total. The fourth-order valence-electron chi connectivity index (χ4n) is 3.46. The minimum absolute atomic E-state index is 0.297. The number of halogens is 2. The summed E-state index contributed by atoms with van der Waals surface area (Å²) in [7, 11) is 1.97. The van der Waals surface area contributed by atoms with E-state index in [1.54, 1.807) is 6.20 Å². The Kier molecular flexibility index (Phi) is 13.2. The van der Waals surface area contributed by atoms with Crippen molar-refractivity contribution in [3.8, 4) is 11.5 Å². The van der Waals surface area contributed by atoms with Gasteiger partial charge in [-0.05, 0) is 49.6 Å². The van der Waals surface area contributed by atoms with Gasteiger partial charge in [-0.25, -0.2) is 15.0 Å². The molecule has 0 amide bonds. The monoisotopic (exact) mass is 712 g/mol. The predicted octanol–water partition coefficient (Wildman–Crippen LogP) is 7.53. The van der Waals surface area contributed by atoms with E-state index in [1.165, 1.54) is 5.56 Å². The second-order valence-electron chi connectivity index (χ2n) is 7.91. The van der Waals surface area contributed by atoms with Gasteiger partial charge in [0.25, 0.3) is 0 Å². The molecule has 0 spiro atoms. The van der Waals surface area contributed by atoms with E-state index in [0.717, 1.165) is 58.5 Å². The maximum Gasteiger partial charge on any atom is 0.231 e. The molecule has 0 atom stereocenters. The summed E-state index contributed by atoms with van der Waals surface area (Å²) < 4.78 is 12.8. The number of ether oxygens (including phenoxy) is 2. The van der Waals surface area contributed by atoms with Gasteiger partial charge in [-0.15, -0.1) is 0 Å². The molecule has 2 aromatic heterocycles. The highest BCUT2D eigenvalue weighted by Gasteiger charge is 2.15. The first-order valence-electron chi connectivity index (χ1n) is 11.8. The van der Waals surface area contributed by atoms with Gasteiger partial charge in [-0.1, -0.05) is 50.2 Å². The Bertz CT molecular complexity index is 1200. The topological polar surface area (TPSA) is 62.1 Å². The number of aryl methyl sites for hydroxylation is 3. The van der Waals surface area contributed by atoms with Crippen molar-refractivity contribution in [3.05, 3.63) is 101 Å². The van der Waals surface area contributed by atoms with E-state index in [0.29, 0.717) is 6.79 Å². The van der Waals surface area contributed by atoms with Crippen molar-refractivity contribution in [2.75, 3.05) is 6.79 Å². The molecule has 192 valence electrons. The van der Waals surface area contributed by atoms with E-state index in [1.807, 2.05) is 68.9 Å². The molecule has 0 unspecified atom stereocenters. The van der Waals surface area contributed by atoms with Gasteiger partial charge in [-0.2, -0.15) is 0 Å². The van der Waals surface area contributed by atoms with Crippen LogP contribution in [0, 0.1) is 20.8 Å². The van der Waals surface area contributed by atoms with E-state index in [-0.39, 0.29) is 0 Å². The Morgan fingerprint density at radius 3 is 2.17 bits per heavy atom. The Morgan fingerprint density at radius 2 is 1.56 bits per heavy atom. The van der Waals surface area contributed by atoms with Gasteiger partial charge < -0.3 is 14.0 Å². The van der Waals surface area contributed by atoms with Crippen molar-refractivity contribution < 1.29 is 9.47 Å². The predicted molar refractivity (Wildman–Crippen MR) is 163 cm³/mol. The second-order valence-corrected chi connectivity index (χ2v) is 7.91. The van der Waals surface area contributed by atoms with Crippen LogP contribution in [0.4, 0.5) is 0 Å². The van der Waals surface area contributed by atoms with Gasteiger partial charge in [0.15, 0.2) is 11.5 Å². The molecule has 0 radical (unpaired) electrons. The Morgan fingerprint density at radius 1 is 0.861 bits per heavy atom. The largest absolute Gasteiger partial charge is 0.454 e. The van der Waals surface area contributed by atoms with Crippen molar-refractivity contribution in [1.29, 1.82) is 0 Å². The maximum atomic E-state index is 5.48. The lowest BCUT2D eigenvalue weighted by Gasteiger charge is -2.11. The zero-order chi connectivity index (χ0) is 26.5. The van der Waals surface area contributed by atoms with Crippen molar-refractivity contribution in [2.24, 2.45) is 7.05 Å². The molecule has 36 heavy (non-hydrogen) atoms. The number of imidazole rings is 1. The van der Waals surface area contributed by atoms with Crippen LogP contribution in [0.2, 0.25) is 0 Å². The summed E-state index contributed by atoms with van der Waals surface area (Å²) in [4.78, 5) is 13.5. The summed E-state index contributed by atoms with van der Waals surface area (Å²) in [5, 5.41) is 0. The summed E-state index contributed by atoms with van der Waals surface area (Å²) in [6, 6.07) is 16.4. The molecule has 5 rings (SSSR count). The summed E-state index contributed by atoms with van der Waals surface area (Å²) >= 11 is 4.24. The molecule has 2 aromatic carbocycles. The van der Waals surface area contributed by atoms with E-state index < -0.39 is 0 Å². The third kappa shape index (κ3) is 8.72. The summed E-state index contributed by atoms with van der Waals surface area (Å²) in [6.07, 6.45) is 5.22. The highest BCUT2D eigenvalue weighted by Crippen LogP contribution is 2.33. The summed E-state index contributed by atoms with van der Waals surface area (Å²) in [5.74, 6) is 3.54. The molecule has 4 aromatic rings. The number of nitrogens with zero attached hydrogens (tertiary/aromatic N) is 4. The average Bonchev–Trinajstić information content (AvgIpc) is 3.53. The van der Waals surface area contributed by atoms with Gasteiger partial charge in [0.1, 0.15) is 11.6 Å². The number of hydrogen-bond acceptors (Lipinski definition) is 5. The molecular weight excluding hydrogens is 678 g/mol. The molecule has 1 aliphatic heterocycles. The van der Waals surface area contributed by atoms with Crippen LogP contribution >= 0.6 is 37.2 Å². The number of hydrogen-bond donors (Lipinski definition) is 0. The van der Waals surface area contributed by atoms with E-state index in [2.05, 4.69) is 79.2 Å². The minimum atomic E-state index is 0.297. The molecule has 0 aliphatic carbocycles. The van der Waals surface area contributed by atoms with Crippen LogP contribution < -0.4 is 9.47 Å². The standard InChI is InChI=1S/C21H20N2O2.C5H8N2.C2H6.I2/c1-14-15(2)22-21(12-16-6-4-3-5-7-16)23-18(14)10-17-8-9-19-20(11-17)25-13-24-19;1-5-6-3-4-7(5)2;2*1-2/h3-9,11H,10,12-13H2,1-2H3;3-4H,1-2H3;1-2H3;. The van der Waals surface area contributed by atoms with Crippen LogP contribution in [0.25, 0.3) is 0 Å². The van der Waals surface area contributed by atoms with Crippen molar-refractivity contribution in [2.45, 2.75) is 47.5 Å². The molecule has 8 heteroatoms. The van der Waals surface area contributed by atoms with Crippen molar-refractivity contribution in [3.63, 3.8) is 0 Å². The molecular formula is C28H34I2N4O2. The normalized spacial score (nSPS) is 10.8. The second kappa shape index (κ2) is 15.8. The highest BCUT2D eigenvalue weighted by atomic mass is 128.